The minimum atomic E-state index is -0.601. The molecule has 11 heteroatoms. The van der Waals surface area contributed by atoms with Crippen LogP contribution in [0.3, 0.4) is 0 Å². The van der Waals surface area contributed by atoms with E-state index in [-0.39, 0.29) is 34.5 Å². The minimum Gasteiger partial charge on any atom is -0.493 e. The monoisotopic (exact) mass is 724 g/mol. The molecule has 2 aromatic rings. The molecule has 0 unspecified atom stereocenters. The van der Waals surface area contributed by atoms with Gasteiger partial charge in [-0.1, -0.05) is 32.9 Å². The smallest absolute Gasteiger partial charge is 0.248 e. The first-order chi connectivity index (χ1) is 24.6. The molecule has 2 saturated carbocycles. The Morgan fingerprint density at radius 1 is 0.788 bits per heavy atom. The number of aliphatic hydroxyl groups is 3. The molecule has 4 fully saturated rings. The van der Waals surface area contributed by atoms with Crippen molar-refractivity contribution < 1.29 is 43.9 Å². The zero-order chi connectivity index (χ0) is 38.0. The summed E-state index contributed by atoms with van der Waals surface area (Å²) in [4.78, 5) is 27.4. The van der Waals surface area contributed by atoms with Crippen molar-refractivity contribution in [3.63, 3.8) is 0 Å². The van der Waals surface area contributed by atoms with Crippen molar-refractivity contribution in [2.24, 2.45) is 22.2 Å². The number of hydrogen-bond donors (Lipinski definition) is 3. The summed E-state index contributed by atoms with van der Waals surface area (Å²) < 4.78 is 22.9. The zero-order valence-electron chi connectivity index (χ0n) is 32.3. The van der Waals surface area contributed by atoms with Gasteiger partial charge in [0.15, 0.2) is 23.0 Å². The molecular weight excluding hydrogens is 664 g/mol. The van der Waals surface area contributed by atoms with Crippen molar-refractivity contribution in [1.29, 1.82) is 0 Å². The number of likely N-dealkylation sites (tertiary alicyclic amines) is 2. The molecule has 0 bridgehead atoms. The third-order valence-electron chi connectivity index (χ3n) is 12.3. The molecule has 6 atom stereocenters. The van der Waals surface area contributed by atoms with Crippen LogP contribution in [0.25, 0.3) is 0 Å². The maximum Gasteiger partial charge on any atom is 0.248 e. The van der Waals surface area contributed by atoms with Gasteiger partial charge >= 0.3 is 0 Å². The second-order valence-corrected chi connectivity index (χ2v) is 16.5. The number of amides is 2. The fourth-order valence-corrected chi connectivity index (χ4v) is 7.53. The lowest BCUT2D eigenvalue weighted by atomic mass is 9.72. The highest BCUT2D eigenvalue weighted by Gasteiger charge is 2.49. The minimum absolute atomic E-state index is 0.0492. The standard InChI is InChI=1S/C21H31NO5.C20H29NO4/c1-14(24)21(3)12-22(19(25)11-23)10-16(21)15-5-6-17(26-4)18(9-15)27-13-20(2)7-8-20;1-13(22)20(3)12-21(14(2)23)10-17(20)16-7-8-18(24-4)19(9-16)25-11-15-5-6-15/h5-6,9,14,16,23-24H,7-8,10-13H2,1-4H3;7-9,13,15,17,22H,5-6,10-12H2,1-4H3/t14-,16+,21+;13-,17+,20+/m11/s1. The Labute approximate surface area is 309 Å². The van der Waals surface area contributed by atoms with Gasteiger partial charge in [0, 0.05) is 61.2 Å². The van der Waals surface area contributed by atoms with Gasteiger partial charge in [-0.2, -0.15) is 0 Å². The van der Waals surface area contributed by atoms with Gasteiger partial charge in [0.25, 0.3) is 0 Å². The SMILES string of the molecule is COc1ccc([C@@H]2CN(C(=O)CO)C[C@@]2(C)[C@@H](C)O)cc1OCC1(C)CC1.COc1ccc([C@@H]2CN(C(C)=O)C[C@@]2(C)[C@@H](C)O)cc1OCC1CC1. The largest absolute Gasteiger partial charge is 0.493 e. The number of hydrogen-bond acceptors (Lipinski definition) is 9. The van der Waals surface area contributed by atoms with Crippen LogP contribution in [0.4, 0.5) is 0 Å². The molecule has 4 aliphatic rings. The van der Waals surface area contributed by atoms with Crippen molar-refractivity contribution >= 4 is 11.8 Å². The van der Waals surface area contributed by atoms with E-state index < -0.39 is 24.2 Å². The quantitative estimate of drug-likeness (QED) is 0.261. The van der Waals surface area contributed by atoms with Gasteiger partial charge in [-0.3, -0.25) is 9.59 Å². The van der Waals surface area contributed by atoms with Gasteiger partial charge in [0.1, 0.15) is 6.61 Å². The van der Waals surface area contributed by atoms with Gasteiger partial charge in [0.2, 0.25) is 11.8 Å². The summed E-state index contributed by atoms with van der Waals surface area (Å²) in [6, 6.07) is 11.8. The number of aliphatic hydroxyl groups excluding tert-OH is 3. The highest BCUT2D eigenvalue weighted by Crippen LogP contribution is 2.49. The molecule has 0 spiro atoms. The Balaban J connectivity index is 0.000000202. The summed E-state index contributed by atoms with van der Waals surface area (Å²) in [7, 11) is 3.27. The second-order valence-electron chi connectivity index (χ2n) is 16.5. The normalized spacial score (nSPS) is 27.3. The third-order valence-corrected chi connectivity index (χ3v) is 12.3. The van der Waals surface area contributed by atoms with Crippen molar-refractivity contribution in [2.75, 3.05) is 60.2 Å². The van der Waals surface area contributed by atoms with E-state index in [4.69, 9.17) is 18.9 Å². The Bertz CT molecular complexity index is 1570. The van der Waals surface area contributed by atoms with Crippen LogP contribution in [0, 0.1) is 22.2 Å². The summed E-state index contributed by atoms with van der Waals surface area (Å²) >= 11 is 0. The summed E-state index contributed by atoms with van der Waals surface area (Å²) in [6.45, 7) is 14.3. The number of carbonyl (C=O) groups is 2. The number of rotatable bonds is 13. The first kappa shape index (κ1) is 39.7. The van der Waals surface area contributed by atoms with Crippen LogP contribution in [0.2, 0.25) is 0 Å². The van der Waals surface area contributed by atoms with Crippen molar-refractivity contribution in [1.82, 2.24) is 9.80 Å². The lowest BCUT2D eigenvalue weighted by Crippen LogP contribution is -2.38. The molecule has 0 radical (unpaired) electrons. The highest BCUT2D eigenvalue weighted by atomic mass is 16.5. The molecular formula is C41H60N2O9. The van der Waals surface area contributed by atoms with Gasteiger partial charge in [0.05, 0.1) is 39.6 Å². The maximum atomic E-state index is 12.0. The summed E-state index contributed by atoms with van der Waals surface area (Å²) in [6.07, 6.45) is 3.71. The molecule has 2 heterocycles. The van der Waals surface area contributed by atoms with Crippen LogP contribution in [-0.2, 0) is 9.59 Å². The molecule has 52 heavy (non-hydrogen) atoms. The Hall–Kier alpha value is -3.54. The predicted molar refractivity (Wildman–Crippen MR) is 198 cm³/mol. The van der Waals surface area contributed by atoms with Crippen molar-refractivity contribution in [3.8, 4) is 23.0 Å². The molecule has 11 nitrogen and oxygen atoms in total. The fraction of sp³-hybridized carbons (Fsp3) is 0.659. The second kappa shape index (κ2) is 15.8. The predicted octanol–water partition coefficient (Wildman–Crippen LogP) is 5.00. The van der Waals surface area contributed by atoms with Crippen molar-refractivity contribution in [2.45, 2.75) is 91.3 Å². The molecule has 2 saturated heterocycles. The Morgan fingerprint density at radius 2 is 1.27 bits per heavy atom. The molecule has 6 rings (SSSR count). The average molecular weight is 725 g/mol. The van der Waals surface area contributed by atoms with E-state index in [1.807, 2.05) is 55.1 Å². The van der Waals surface area contributed by atoms with Crippen LogP contribution in [0.15, 0.2) is 36.4 Å². The first-order valence-electron chi connectivity index (χ1n) is 18.7. The fourth-order valence-electron chi connectivity index (χ4n) is 7.53. The molecule has 2 amide bonds. The van der Waals surface area contributed by atoms with Crippen LogP contribution in [-0.4, -0.2) is 109 Å². The summed E-state index contributed by atoms with van der Waals surface area (Å²) in [5, 5.41) is 30.1. The van der Waals surface area contributed by atoms with E-state index >= 15 is 0 Å². The number of carbonyl (C=O) groups excluding carboxylic acids is 2. The number of methoxy groups -OCH3 is 2. The lowest BCUT2D eigenvalue weighted by molar-refractivity contribution is -0.133. The van der Waals surface area contributed by atoms with Crippen LogP contribution >= 0.6 is 0 Å². The maximum absolute atomic E-state index is 12.0. The van der Waals surface area contributed by atoms with Crippen LogP contribution in [0.5, 0.6) is 23.0 Å². The van der Waals surface area contributed by atoms with Crippen LogP contribution in [0.1, 0.15) is 90.2 Å². The van der Waals surface area contributed by atoms with Crippen LogP contribution < -0.4 is 18.9 Å². The molecule has 0 aromatic heterocycles. The Kier molecular flexibility index (Phi) is 12.1. The lowest BCUT2D eigenvalue weighted by Gasteiger charge is -2.33. The molecule has 2 aliphatic carbocycles. The average Bonchev–Trinajstić information content (AvgIpc) is 4.03. The van der Waals surface area contributed by atoms with E-state index in [0.717, 1.165) is 29.2 Å². The zero-order valence-corrected chi connectivity index (χ0v) is 32.3. The first-order valence-corrected chi connectivity index (χ1v) is 18.7. The van der Waals surface area contributed by atoms with E-state index in [2.05, 4.69) is 13.8 Å². The van der Waals surface area contributed by atoms with Gasteiger partial charge < -0.3 is 44.1 Å². The molecule has 2 aliphatic heterocycles. The van der Waals surface area contributed by atoms with Gasteiger partial charge in [-0.25, -0.2) is 0 Å². The van der Waals surface area contributed by atoms with Gasteiger partial charge in [-0.15, -0.1) is 0 Å². The van der Waals surface area contributed by atoms with E-state index in [9.17, 15) is 24.9 Å². The summed E-state index contributed by atoms with van der Waals surface area (Å²) in [5.41, 5.74) is 1.46. The third kappa shape index (κ3) is 8.63. The molecule has 2 aromatic carbocycles. The highest BCUT2D eigenvalue weighted by molar-refractivity contribution is 5.78. The Morgan fingerprint density at radius 3 is 1.69 bits per heavy atom. The van der Waals surface area contributed by atoms with E-state index in [1.165, 1.54) is 25.7 Å². The molecule has 3 N–H and O–H groups in total. The molecule has 288 valence electrons. The van der Waals surface area contributed by atoms with Gasteiger partial charge in [-0.05, 0) is 80.8 Å². The number of nitrogens with zero attached hydrogens (tertiary/aromatic N) is 2. The van der Waals surface area contributed by atoms with E-state index in [1.54, 1.807) is 33.0 Å². The topological polar surface area (TPSA) is 138 Å². The number of ether oxygens (including phenoxy) is 4. The number of benzene rings is 2. The van der Waals surface area contributed by atoms with E-state index in [0.29, 0.717) is 50.2 Å². The van der Waals surface area contributed by atoms with Crippen molar-refractivity contribution in [3.05, 3.63) is 47.5 Å². The summed E-state index contributed by atoms with van der Waals surface area (Å²) in [5.74, 6) is 3.26.